The predicted octanol–water partition coefficient (Wildman–Crippen LogP) is 0.310. The van der Waals surface area contributed by atoms with Crippen LogP contribution in [-0.2, 0) is 4.74 Å². The Morgan fingerprint density at radius 3 is 2.74 bits per heavy atom. The molecule has 8 nitrogen and oxygen atoms in total. The maximum Gasteiger partial charge on any atom is 0.321 e. The van der Waals surface area contributed by atoms with Crippen LogP contribution in [0.25, 0.3) is 0 Å². The molecular formula is C10H17ClN4O4. The summed E-state index contributed by atoms with van der Waals surface area (Å²) in [6.07, 6.45) is 0. The van der Waals surface area contributed by atoms with E-state index in [-0.39, 0.29) is 29.8 Å². The van der Waals surface area contributed by atoms with Gasteiger partial charge in [0.1, 0.15) is 0 Å². The number of halogens is 1. The van der Waals surface area contributed by atoms with Crippen LogP contribution in [0.5, 0.6) is 0 Å². The molecule has 1 amide bonds. The highest BCUT2D eigenvalue weighted by Gasteiger charge is 2.14. The van der Waals surface area contributed by atoms with E-state index in [0.29, 0.717) is 26.2 Å². The lowest BCUT2D eigenvalue weighted by Gasteiger charge is -2.04. The average molecular weight is 293 g/mol. The molecule has 3 N–H and O–H groups in total. The van der Waals surface area contributed by atoms with E-state index in [1.54, 1.807) is 7.11 Å². The number of nitrogens with zero attached hydrogens (tertiary/aromatic N) is 1. The van der Waals surface area contributed by atoms with Gasteiger partial charge in [0, 0.05) is 32.8 Å². The highest BCUT2D eigenvalue weighted by Crippen LogP contribution is 2.09. The van der Waals surface area contributed by atoms with Crippen molar-refractivity contribution in [3.63, 3.8) is 0 Å². The lowest BCUT2D eigenvalue weighted by atomic mass is 10.4. The van der Waals surface area contributed by atoms with Crippen molar-refractivity contribution >= 4 is 24.1 Å². The molecule has 0 saturated carbocycles. The molecule has 0 unspecified atom stereocenters. The van der Waals surface area contributed by atoms with E-state index in [0.717, 1.165) is 0 Å². The number of H-pyrrole nitrogens is 1. The van der Waals surface area contributed by atoms with Crippen LogP contribution in [0.1, 0.15) is 10.5 Å². The molecule has 0 atom stereocenters. The van der Waals surface area contributed by atoms with Crippen molar-refractivity contribution in [2.24, 2.45) is 0 Å². The van der Waals surface area contributed by atoms with Gasteiger partial charge in [-0.15, -0.1) is 12.4 Å². The molecule has 0 fully saturated rings. The van der Waals surface area contributed by atoms with Gasteiger partial charge in [0.15, 0.2) is 5.69 Å². The molecule has 0 aliphatic carbocycles. The molecule has 0 bridgehead atoms. The second kappa shape index (κ2) is 9.31. The highest BCUT2D eigenvalue weighted by molar-refractivity contribution is 5.92. The van der Waals surface area contributed by atoms with Gasteiger partial charge in [0.2, 0.25) is 0 Å². The van der Waals surface area contributed by atoms with E-state index in [9.17, 15) is 14.9 Å². The first-order valence-corrected chi connectivity index (χ1v) is 5.46. The minimum atomic E-state index is -0.580. The summed E-state index contributed by atoms with van der Waals surface area (Å²) in [5.41, 5.74) is 0.179. The highest BCUT2D eigenvalue weighted by atomic mass is 35.5. The van der Waals surface area contributed by atoms with Crippen LogP contribution in [0.3, 0.4) is 0 Å². The Morgan fingerprint density at radius 1 is 1.42 bits per heavy atom. The summed E-state index contributed by atoms with van der Waals surface area (Å²) in [6, 6.07) is 2.64. The van der Waals surface area contributed by atoms with Crippen LogP contribution in [0, 0.1) is 10.1 Å². The van der Waals surface area contributed by atoms with Gasteiger partial charge >= 0.3 is 5.82 Å². The number of hydrogen-bond acceptors (Lipinski definition) is 5. The van der Waals surface area contributed by atoms with Gasteiger partial charge < -0.3 is 25.5 Å². The molecule has 108 valence electrons. The average Bonchev–Trinajstić information content (AvgIpc) is 2.83. The topological polar surface area (TPSA) is 109 Å². The fraction of sp³-hybridized carbons (Fsp3) is 0.500. The van der Waals surface area contributed by atoms with E-state index < -0.39 is 4.92 Å². The SMILES string of the molecule is COCCNCCNC(=O)c1ccc([N+](=O)[O-])[nH]1.Cl. The van der Waals surface area contributed by atoms with Gasteiger partial charge in [0.05, 0.1) is 6.61 Å². The number of hydrogen-bond donors (Lipinski definition) is 3. The van der Waals surface area contributed by atoms with Crippen molar-refractivity contribution in [2.75, 3.05) is 33.4 Å². The van der Waals surface area contributed by atoms with Crippen molar-refractivity contribution in [3.8, 4) is 0 Å². The Kier molecular flexibility index (Phi) is 8.51. The summed E-state index contributed by atoms with van der Waals surface area (Å²) in [7, 11) is 1.61. The van der Waals surface area contributed by atoms with Gasteiger partial charge in [0.25, 0.3) is 5.91 Å². The van der Waals surface area contributed by atoms with Crippen molar-refractivity contribution in [2.45, 2.75) is 0 Å². The minimum Gasteiger partial charge on any atom is -0.383 e. The number of nitro groups is 1. The molecule has 9 heteroatoms. The quantitative estimate of drug-likeness (QED) is 0.363. The summed E-state index contributed by atoms with van der Waals surface area (Å²) in [4.78, 5) is 23.8. The van der Waals surface area contributed by atoms with E-state index in [2.05, 4.69) is 15.6 Å². The maximum absolute atomic E-state index is 11.6. The Hall–Kier alpha value is -1.64. The lowest BCUT2D eigenvalue weighted by Crippen LogP contribution is -2.33. The van der Waals surface area contributed by atoms with Crippen LogP contribution in [0.2, 0.25) is 0 Å². The molecule has 1 heterocycles. The zero-order valence-electron chi connectivity index (χ0n) is 10.5. The van der Waals surface area contributed by atoms with Crippen LogP contribution >= 0.6 is 12.4 Å². The fourth-order valence-electron chi connectivity index (χ4n) is 1.28. The first-order chi connectivity index (χ1) is 8.65. The number of methoxy groups -OCH3 is 1. The molecule has 0 aliphatic heterocycles. The Morgan fingerprint density at radius 2 is 2.16 bits per heavy atom. The summed E-state index contributed by atoms with van der Waals surface area (Å²) in [5, 5.41) is 16.1. The van der Waals surface area contributed by atoms with Gasteiger partial charge in [-0.1, -0.05) is 0 Å². The Labute approximate surface area is 116 Å². The first-order valence-electron chi connectivity index (χ1n) is 5.46. The van der Waals surface area contributed by atoms with Gasteiger partial charge in [-0.2, -0.15) is 0 Å². The predicted molar refractivity (Wildman–Crippen MR) is 71.8 cm³/mol. The van der Waals surface area contributed by atoms with E-state index >= 15 is 0 Å². The van der Waals surface area contributed by atoms with E-state index in [1.807, 2.05) is 0 Å². The van der Waals surface area contributed by atoms with E-state index in [1.165, 1.54) is 12.1 Å². The molecule has 0 radical (unpaired) electrons. The third-order valence-electron chi connectivity index (χ3n) is 2.18. The van der Waals surface area contributed by atoms with Gasteiger partial charge in [-0.3, -0.25) is 4.79 Å². The number of aromatic nitrogens is 1. The van der Waals surface area contributed by atoms with Crippen LogP contribution in [-0.4, -0.2) is 49.2 Å². The van der Waals surface area contributed by atoms with Crippen molar-refractivity contribution in [1.29, 1.82) is 0 Å². The fourth-order valence-corrected chi connectivity index (χ4v) is 1.28. The molecule has 1 aromatic heterocycles. The molecule has 1 aromatic rings. The standard InChI is InChI=1S/C10H16N4O4.ClH/c1-18-7-6-11-4-5-12-10(15)8-2-3-9(13-8)14(16)17;/h2-3,11,13H,4-7H2,1H3,(H,12,15);1H. The first kappa shape index (κ1) is 17.4. The van der Waals surface area contributed by atoms with Gasteiger partial charge in [-0.05, 0) is 11.0 Å². The number of nitrogens with one attached hydrogen (secondary N) is 3. The molecule has 0 aromatic carbocycles. The monoisotopic (exact) mass is 292 g/mol. The van der Waals surface area contributed by atoms with Crippen LogP contribution < -0.4 is 10.6 Å². The zero-order chi connectivity index (χ0) is 13.4. The molecule has 19 heavy (non-hydrogen) atoms. The number of rotatable bonds is 8. The van der Waals surface area contributed by atoms with Crippen molar-refractivity contribution in [1.82, 2.24) is 15.6 Å². The van der Waals surface area contributed by atoms with Crippen molar-refractivity contribution < 1.29 is 14.5 Å². The molecule has 0 aliphatic rings. The Balaban J connectivity index is 0.00000324. The smallest absolute Gasteiger partial charge is 0.321 e. The third kappa shape index (κ3) is 6.18. The molecular weight excluding hydrogens is 276 g/mol. The normalized spacial score (nSPS) is 9.74. The number of aromatic amines is 1. The van der Waals surface area contributed by atoms with E-state index in [4.69, 9.17) is 4.74 Å². The van der Waals surface area contributed by atoms with Crippen molar-refractivity contribution in [3.05, 3.63) is 27.9 Å². The minimum absolute atomic E-state index is 0. The second-order valence-electron chi connectivity index (χ2n) is 3.51. The lowest BCUT2D eigenvalue weighted by molar-refractivity contribution is -0.389. The molecule has 1 rings (SSSR count). The second-order valence-corrected chi connectivity index (χ2v) is 3.51. The Bertz CT molecular complexity index is 410. The summed E-state index contributed by atoms with van der Waals surface area (Å²) in [6.45, 7) is 2.37. The summed E-state index contributed by atoms with van der Waals surface area (Å²) < 4.78 is 4.85. The summed E-state index contributed by atoms with van der Waals surface area (Å²) >= 11 is 0. The summed E-state index contributed by atoms with van der Waals surface area (Å²) in [5.74, 6) is -0.560. The largest absolute Gasteiger partial charge is 0.383 e. The number of carbonyl (C=O) groups is 1. The van der Waals surface area contributed by atoms with Crippen LogP contribution in [0.15, 0.2) is 12.1 Å². The maximum atomic E-state index is 11.6. The zero-order valence-corrected chi connectivity index (χ0v) is 11.3. The molecule has 0 spiro atoms. The number of carbonyl (C=O) groups excluding carboxylic acids is 1. The molecule has 0 saturated heterocycles. The number of ether oxygens (including phenoxy) is 1. The van der Waals surface area contributed by atoms with Gasteiger partial charge in [-0.25, -0.2) is 4.98 Å². The number of amides is 1. The van der Waals surface area contributed by atoms with Crippen LogP contribution in [0.4, 0.5) is 5.82 Å². The third-order valence-corrected chi connectivity index (χ3v) is 2.18.